The summed E-state index contributed by atoms with van der Waals surface area (Å²) in [6, 6.07) is 1.48. The molecule has 2 aromatic rings. The van der Waals surface area contributed by atoms with Crippen molar-refractivity contribution in [1.82, 2.24) is 14.9 Å². The van der Waals surface area contributed by atoms with Gasteiger partial charge in [0.15, 0.2) is 11.5 Å². The van der Waals surface area contributed by atoms with Gasteiger partial charge in [0.1, 0.15) is 12.2 Å². The summed E-state index contributed by atoms with van der Waals surface area (Å²) in [5.74, 6) is -0.0169. The maximum Gasteiger partial charge on any atom is 0.408 e. The van der Waals surface area contributed by atoms with Crippen LogP contribution in [0.3, 0.4) is 0 Å². The molecule has 0 unspecified atom stereocenters. The van der Waals surface area contributed by atoms with Crippen molar-refractivity contribution in [3.63, 3.8) is 0 Å². The number of alkyl halides is 3. The second-order valence-electron chi connectivity index (χ2n) is 6.03. The first-order valence-corrected chi connectivity index (χ1v) is 6.81. The number of rotatable bonds is 2. The fraction of sp³-hybridized carbons (Fsp3) is 0.500. The Morgan fingerprint density at radius 1 is 1.41 bits per heavy atom. The molecular formula is C14H14F3N3O2. The predicted molar refractivity (Wildman–Crippen MR) is 70.2 cm³/mol. The van der Waals surface area contributed by atoms with E-state index in [2.05, 4.69) is 10.3 Å². The zero-order valence-electron chi connectivity index (χ0n) is 12.1. The average Bonchev–Trinajstić information content (AvgIpc) is 3.00. The summed E-state index contributed by atoms with van der Waals surface area (Å²) < 4.78 is 44.0. The second kappa shape index (κ2) is 4.69. The fourth-order valence-electron chi connectivity index (χ4n) is 2.68. The van der Waals surface area contributed by atoms with Gasteiger partial charge in [0.2, 0.25) is 0 Å². The lowest BCUT2D eigenvalue weighted by molar-refractivity contribution is -0.143. The number of Topliss-reactive ketones (excluding diaryl/α,β-unsaturated/α-hetero) is 1. The Hall–Kier alpha value is -2.12. The van der Waals surface area contributed by atoms with E-state index in [9.17, 15) is 18.0 Å². The lowest BCUT2D eigenvalue weighted by Crippen LogP contribution is -2.31. The summed E-state index contributed by atoms with van der Waals surface area (Å²) in [7, 11) is 0. The molecule has 0 aromatic carbocycles. The highest BCUT2D eigenvalue weighted by atomic mass is 19.4. The highest BCUT2D eigenvalue weighted by molar-refractivity contribution is 6.06. The molecule has 0 aliphatic heterocycles. The van der Waals surface area contributed by atoms with Crippen molar-refractivity contribution < 1.29 is 22.5 Å². The van der Waals surface area contributed by atoms with Gasteiger partial charge in [0.05, 0.1) is 17.5 Å². The Morgan fingerprint density at radius 2 is 2.14 bits per heavy atom. The van der Waals surface area contributed by atoms with E-state index in [4.69, 9.17) is 4.52 Å². The molecule has 0 bridgehead atoms. The Balaban J connectivity index is 2.17. The first kappa shape index (κ1) is 14.8. The number of nitrogens with zero attached hydrogens (tertiary/aromatic N) is 3. The Kier molecular flexibility index (Phi) is 3.15. The number of hydrogen-bond acceptors (Lipinski definition) is 4. The minimum absolute atomic E-state index is 0.134. The Labute approximate surface area is 124 Å². The van der Waals surface area contributed by atoms with E-state index in [0.717, 1.165) is 4.68 Å². The normalized spacial score (nSPS) is 17.6. The highest BCUT2D eigenvalue weighted by Crippen LogP contribution is 2.39. The molecule has 0 amide bonds. The minimum Gasteiger partial charge on any atom is -0.355 e. The molecule has 0 spiro atoms. The number of carbonyl (C=O) groups excluding carboxylic acids is 1. The SMILES string of the molecule is CC1(C)CCc2c(c(-c3ccno3)nn2CC(F)(F)F)C1=O. The van der Waals surface area contributed by atoms with Gasteiger partial charge in [-0.1, -0.05) is 19.0 Å². The van der Waals surface area contributed by atoms with Crippen LogP contribution in [-0.2, 0) is 13.0 Å². The monoisotopic (exact) mass is 313 g/mol. The molecule has 0 saturated heterocycles. The van der Waals surface area contributed by atoms with E-state index in [-0.39, 0.29) is 22.8 Å². The van der Waals surface area contributed by atoms with Crippen LogP contribution in [0.5, 0.6) is 0 Å². The largest absolute Gasteiger partial charge is 0.408 e. The van der Waals surface area contributed by atoms with E-state index in [1.807, 2.05) is 0 Å². The zero-order valence-corrected chi connectivity index (χ0v) is 12.1. The molecule has 0 atom stereocenters. The summed E-state index contributed by atoms with van der Waals surface area (Å²) >= 11 is 0. The number of halogens is 3. The second-order valence-corrected chi connectivity index (χ2v) is 6.03. The Morgan fingerprint density at radius 3 is 2.73 bits per heavy atom. The van der Waals surface area contributed by atoms with Crippen LogP contribution >= 0.6 is 0 Å². The lowest BCUT2D eigenvalue weighted by atomic mass is 9.74. The third kappa shape index (κ3) is 2.42. The zero-order chi connectivity index (χ0) is 16.1. The number of aromatic nitrogens is 3. The van der Waals surface area contributed by atoms with Crippen LogP contribution in [0.4, 0.5) is 13.2 Å². The molecule has 0 N–H and O–H groups in total. The highest BCUT2D eigenvalue weighted by Gasteiger charge is 2.41. The maximum absolute atomic E-state index is 12.7. The number of ketones is 1. The molecule has 3 rings (SSSR count). The van der Waals surface area contributed by atoms with Gasteiger partial charge in [-0.25, -0.2) is 0 Å². The summed E-state index contributed by atoms with van der Waals surface area (Å²) in [5, 5.41) is 7.51. The minimum atomic E-state index is -4.41. The molecular weight excluding hydrogens is 299 g/mol. The van der Waals surface area contributed by atoms with Crippen LogP contribution in [0.2, 0.25) is 0 Å². The van der Waals surface area contributed by atoms with Crippen LogP contribution < -0.4 is 0 Å². The lowest BCUT2D eigenvalue weighted by Gasteiger charge is -2.28. The van der Waals surface area contributed by atoms with Gasteiger partial charge in [0.25, 0.3) is 0 Å². The summed E-state index contributed by atoms with van der Waals surface area (Å²) in [6.07, 6.45) is -2.19. The molecule has 1 aliphatic carbocycles. The van der Waals surface area contributed by atoms with Crippen LogP contribution in [0.1, 0.15) is 36.3 Å². The molecule has 0 saturated carbocycles. The Bertz CT molecular complexity index is 715. The molecule has 0 radical (unpaired) electrons. The fourth-order valence-corrected chi connectivity index (χ4v) is 2.68. The van der Waals surface area contributed by atoms with Crippen molar-refractivity contribution in [2.75, 3.05) is 0 Å². The van der Waals surface area contributed by atoms with Crippen LogP contribution in [-0.4, -0.2) is 26.9 Å². The van der Waals surface area contributed by atoms with Crippen molar-refractivity contribution in [3.05, 3.63) is 23.5 Å². The van der Waals surface area contributed by atoms with Crippen LogP contribution in [0.25, 0.3) is 11.5 Å². The van der Waals surface area contributed by atoms with Crippen molar-refractivity contribution in [1.29, 1.82) is 0 Å². The van der Waals surface area contributed by atoms with Gasteiger partial charge in [0, 0.05) is 11.5 Å². The average molecular weight is 313 g/mol. The molecule has 0 fully saturated rings. The molecule has 118 valence electrons. The first-order valence-electron chi connectivity index (χ1n) is 6.81. The van der Waals surface area contributed by atoms with Gasteiger partial charge >= 0.3 is 6.18 Å². The van der Waals surface area contributed by atoms with Crippen LogP contribution in [0.15, 0.2) is 16.8 Å². The predicted octanol–water partition coefficient (Wildman–Crippen LogP) is 3.26. The molecule has 2 aromatic heterocycles. The van der Waals surface area contributed by atoms with Gasteiger partial charge in [-0.15, -0.1) is 0 Å². The third-order valence-corrected chi connectivity index (χ3v) is 3.89. The number of carbonyl (C=O) groups is 1. The summed E-state index contributed by atoms with van der Waals surface area (Å²) in [6.45, 7) is 2.34. The van der Waals surface area contributed by atoms with Crippen LogP contribution in [0, 0.1) is 5.41 Å². The smallest absolute Gasteiger partial charge is 0.355 e. The van der Waals surface area contributed by atoms with E-state index < -0.39 is 18.1 Å². The molecule has 2 heterocycles. The van der Waals surface area contributed by atoms with E-state index in [1.54, 1.807) is 13.8 Å². The molecule has 8 heteroatoms. The van der Waals surface area contributed by atoms with E-state index in [0.29, 0.717) is 18.5 Å². The van der Waals surface area contributed by atoms with Crippen molar-refractivity contribution in [3.8, 4) is 11.5 Å². The molecule has 22 heavy (non-hydrogen) atoms. The first-order chi connectivity index (χ1) is 10.2. The van der Waals surface area contributed by atoms with Crippen molar-refractivity contribution in [2.24, 2.45) is 5.41 Å². The molecule has 1 aliphatic rings. The van der Waals surface area contributed by atoms with E-state index in [1.165, 1.54) is 12.3 Å². The van der Waals surface area contributed by atoms with Crippen molar-refractivity contribution >= 4 is 5.78 Å². The van der Waals surface area contributed by atoms with Gasteiger partial charge in [-0.2, -0.15) is 18.3 Å². The molecule has 5 nitrogen and oxygen atoms in total. The van der Waals surface area contributed by atoms with Crippen molar-refractivity contribution in [2.45, 2.75) is 39.4 Å². The topological polar surface area (TPSA) is 60.9 Å². The number of fused-ring (bicyclic) bond motifs is 1. The standard InChI is InChI=1S/C14H14F3N3O2/c1-13(2)5-3-8-10(12(13)21)11(9-4-6-18-22-9)19-20(8)7-14(15,16)17/h4,6H,3,5,7H2,1-2H3. The van der Waals surface area contributed by atoms with Gasteiger partial charge in [-0.3, -0.25) is 9.48 Å². The quantitative estimate of drug-likeness (QED) is 0.854. The third-order valence-electron chi connectivity index (χ3n) is 3.89. The van der Waals surface area contributed by atoms with E-state index >= 15 is 0 Å². The number of hydrogen-bond donors (Lipinski definition) is 0. The summed E-state index contributed by atoms with van der Waals surface area (Å²) in [5.41, 5.74) is 0.0354. The summed E-state index contributed by atoms with van der Waals surface area (Å²) in [4.78, 5) is 12.6. The van der Waals surface area contributed by atoms with Gasteiger partial charge in [-0.05, 0) is 12.8 Å². The maximum atomic E-state index is 12.7. The van der Waals surface area contributed by atoms with Gasteiger partial charge < -0.3 is 4.52 Å².